The van der Waals surface area contributed by atoms with Gasteiger partial charge in [-0.05, 0) is 37.6 Å². The normalized spacial score (nSPS) is 13.6. The molecule has 3 N–H and O–H groups in total. The van der Waals surface area contributed by atoms with Crippen LogP contribution in [-0.2, 0) is 11.4 Å². The number of carbonyl (C=O) groups excluding carboxylic acids is 1. The molecule has 2 heterocycles. The van der Waals surface area contributed by atoms with E-state index in [1.807, 2.05) is 55.5 Å². The molecule has 0 radical (unpaired) electrons. The summed E-state index contributed by atoms with van der Waals surface area (Å²) in [5, 5.41) is 3.12. The van der Waals surface area contributed by atoms with E-state index in [1.165, 1.54) is 0 Å². The van der Waals surface area contributed by atoms with Crippen molar-refractivity contribution in [3.8, 4) is 5.75 Å². The third kappa shape index (κ3) is 4.60. The first-order valence-corrected chi connectivity index (χ1v) is 9.44. The number of nitrogen functional groups attached to an aromatic ring is 1. The Hall–Kier alpha value is -3.68. The fraction of sp³-hybridized carbons (Fsp3) is 0.238. The summed E-state index contributed by atoms with van der Waals surface area (Å²) in [5.41, 5.74) is 8.68. The van der Waals surface area contributed by atoms with Crippen molar-refractivity contribution in [3.05, 3.63) is 59.9 Å². The van der Waals surface area contributed by atoms with Gasteiger partial charge in [-0.3, -0.25) is 4.79 Å². The zero-order valence-corrected chi connectivity index (χ0v) is 16.1. The van der Waals surface area contributed by atoms with Crippen LogP contribution in [0.15, 0.2) is 48.5 Å². The van der Waals surface area contributed by atoms with Crippen LogP contribution in [0.1, 0.15) is 24.2 Å². The van der Waals surface area contributed by atoms with Crippen molar-refractivity contribution in [2.45, 2.75) is 26.4 Å². The molecule has 0 bridgehead atoms. The maximum atomic E-state index is 11.9. The number of carbonyl (C=O) groups is 1. The van der Waals surface area contributed by atoms with Gasteiger partial charge in [0.05, 0.1) is 0 Å². The lowest BCUT2D eigenvalue weighted by Gasteiger charge is -2.16. The van der Waals surface area contributed by atoms with Crippen LogP contribution >= 0.6 is 0 Å². The third-order valence-electron chi connectivity index (χ3n) is 4.58. The average molecular weight is 390 g/mol. The fourth-order valence-corrected chi connectivity index (χ4v) is 3.13. The van der Waals surface area contributed by atoms with Crippen molar-refractivity contribution < 1.29 is 9.53 Å². The highest BCUT2D eigenvalue weighted by Crippen LogP contribution is 2.25. The van der Waals surface area contributed by atoms with E-state index in [2.05, 4.69) is 20.3 Å². The summed E-state index contributed by atoms with van der Waals surface area (Å²) in [6.07, 6.45) is 1.47. The minimum atomic E-state index is 0.115. The molecule has 8 heteroatoms. The minimum Gasteiger partial charge on any atom is -0.486 e. The van der Waals surface area contributed by atoms with Crippen molar-refractivity contribution in [1.29, 1.82) is 0 Å². The zero-order chi connectivity index (χ0) is 20.2. The number of amides is 1. The van der Waals surface area contributed by atoms with Crippen LogP contribution in [0.3, 0.4) is 0 Å². The molecule has 3 aromatic rings. The fourth-order valence-electron chi connectivity index (χ4n) is 3.13. The Morgan fingerprint density at radius 2 is 1.97 bits per heavy atom. The average Bonchev–Trinajstić information content (AvgIpc) is 3.14. The van der Waals surface area contributed by atoms with E-state index in [9.17, 15) is 4.79 Å². The highest BCUT2D eigenvalue weighted by molar-refractivity contribution is 5.95. The van der Waals surface area contributed by atoms with Crippen LogP contribution in [-0.4, -0.2) is 27.4 Å². The Balaban J connectivity index is 1.45. The van der Waals surface area contributed by atoms with Gasteiger partial charge in [0.25, 0.3) is 0 Å². The Morgan fingerprint density at radius 3 is 2.72 bits per heavy atom. The zero-order valence-electron chi connectivity index (χ0n) is 16.1. The van der Waals surface area contributed by atoms with Gasteiger partial charge in [0, 0.05) is 30.4 Å². The highest BCUT2D eigenvalue weighted by Gasteiger charge is 2.21. The minimum absolute atomic E-state index is 0.115. The molecular formula is C21H22N6O2. The maximum absolute atomic E-state index is 11.9. The Morgan fingerprint density at radius 1 is 1.14 bits per heavy atom. The van der Waals surface area contributed by atoms with E-state index >= 15 is 0 Å². The molecule has 0 saturated carbocycles. The predicted molar refractivity (Wildman–Crippen MR) is 111 cm³/mol. The predicted octanol–water partition coefficient (Wildman–Crippen LogP) is 3.21. The van der Waals surface area contributed by atoms with E-state index in [4.69, 9.17) is 10.5 Å². The van der Waals surface area contributed by atoms with Crippen LogP contribution < -0.4 is 20.7 Å². The Kier molecular flexibility index (Phi) is 5.24. The monoisotopic (exact) mass is 390 g/mol. The number of nitrogens with two attached hydrogens (primary N) is 1. The van der Waals surface area contributed by atoms with Gasteiger partial charge in [0.15, 0.2) is 5.82 Å². The molecule has 148 valence electrons. The second kappa shape index (κ2) is 8.14. The molecule has 8 nitrogen and oxygen atoms in total. The summed E-state index contributed by atoms with van der Waals surface area (Å²) in [6.45, 7) is 2.89. The number of anilines is 4. The summed E-state index contributed by atoms with van der Waals surface area (Å²) in [6, 6.07) is 15.3. The molecule has 1 amide bonds. The number of rotatable bonds is 6. The van der Waals surface area contributed by atoms with Crippen molar-refractivity contribution in [2.75, 3.05) is 22.5 Å². The van der Waals surface area contributed by atoms with E-state index in [0.717, 1.165) is 29.9 Å². The van der Waals surface area contributed by atoms with Crippen molar-refractivity contribution in [1.82, 2.24) is 15.0 Å². The number of hydrogen-bond donors (Lipinski definition) is 2. The van der Waals surface area contributed by atoms with Gasteiger partial charge >= 0.3 is 0 Å². The van der Waals surface area contributed by atoms with Gasteiger partial charge in [0.1, 0.15) is 12.4 Å². The van der Waals surface area contributed by atoms with Gasteiger partial charge in [-0.15, -0.1) is 0 Å². The summed E-state index contributed by atoms with van der Waals surface area (Å²) >= 11 is 0. The molecule has 0 unspecified atom stereocenters. The summed E-state index contributed by atoms with van der Waals surface area (Å²) in [7, 11) is 0. The Bertz CT molecular complexity index is 1020. The molecule has 0 atom stereocenters. The van der Waals surface area contributed by atoms with Gasteiger partial charge in [-0.2, -0.15) is 15.0 Å². The van der Waals surface area contributed by atoms with Crippen molar-refractivity contribution in [2.24, 2.45) is 0 Å². The van der Waals surface area contributed by atoms with Gasteiger partial charge in [-0.1, -0.05) is 23.8 Å². The molecule has 1 aliphatic heterocycles. The largest absolute Gasteiger partial charge is 0.486 e. The number of ether oxygens (including phenoxy) is 1. The Labute approximate surface area is 168 Å². The summed E-state index contributed by atoms with van der Waals surface area (Å²) < 4.78 is 5.83. The summed E-state index contributed by atoms with van der Waals surface area (Å²) in [4.78, 5) is 26.4. The molecule has 1 saturated heterocycles. The SMILES string of the molecule is Cc1ccc(Nc2nc(N)nc(COc3cccc(N4CCCC4=O)c3)n2)cc1. The van der Waals surface area contributed by atoms with Crippen LogP contribution in [0.2, 0.25) is 0 Å². The topological polar surface area (TPSA) is 106 Å². The van der Waals surface area contributed by atoms with Crippen LogP contribution in [0.25, 0.3) is 0 Å². The number of hydrogen-bond acceptors (Lipinski definition) is 7. The van der Waals surface area contributed by atoms with Gasteiger partial charge in [0.2, 0.25) is 17.8 Å². The number of aryl methyl sites for hydroxylation is 1. The quantitative estimate of drug-likeness (QED) is 0.665. The van der Waals surface area contributed by atoms with Crippen molar-refractivity contribution in [3.63, 3.8) is 0 Å². The van der Waals surface area contributed by atoms with E-state index in [1.54, 1.807) is 4.90 Å². The van der Waals surface area contributed by atoms with Gasteiger partial charge < -0.3 is 20.7 Å². The lowest BCUT2D eigenvalue weighted by atomic mass is 10.2. The molecule has 4 rings (SSSR count). The summed E-state index contributed by atoms with van der Waals surface area (Å²) in [5.74, 6) is 1.66. The lowest BCUT2D eigenvalue weighted by Crippen LogP contribution is -2.23. The molecule has 1 aliphatic rings. The molecule has 0 spiro atoms. The molecule has 0 aliphatic carbocycles. The third-order valence-corrected chi connectivity index (χ3v) is 4.58. The number of benzene rings is 2. The van der Waals surface area contributed by atoms with Crippen molar-refractivity contribution >= 4 is 29.2 Å². The molecule has 1 fully saturated rings. The number of aromatic nitrogens is 3. The highest BCUT2D eigenvalue weighted by atomic mass is 16.5. The van der Waals surface area contributed by atoms with Crippen LogP contribution in [0.5, 0.6) is 5.75 Å². The van der Waals surface area contributed by atoms with E-state index in [0.29, 0.717) is 23.9 Å². The second-order valence-corrected chi connectivity index (χ2v) is 6.86. The second-order valence-electron chi connectivity index (χ2n) is 6.86. The standard InChI is InChI=1S/C21H22N6O2/c1-14-7-9-15(10-8-14)23-21-25-18(24-20(22)26-21)13-29-17-5-2-4-16(12-17)27-11-3-6-19(27)28/h2,4-5,7-10,12H,3,6,11,13H2,1H3,(H3,22,23,24,25,26). The van der Waals surface area contributed by atoms with Crippen LogP contribution in [0, 0.1) is 6.92 Å². The first kappa shape index (κ1) is 18.7. The molecule has 2 aromatic carbocycles. The first-order chi connectivity index (χ1) is 14.1. The molecule has 1 aromatic heterocycles. The molecule has 29 heavy (non-hydrogen) atoms. The number of nitrogens with one attached hydrogen (secondary N) is 1. The maximum Gasteiger partial charge on any atom is 0.232 e. The van der Waals surface area contributed by atoms with E-state index < -0.39 is 0 Å². The van der Waals surface area contributed by atoms with Gasteiger partial charge in [-0.25, -0.2) is 0 Å². The number of nitrogens with zero attached hydrogens (tertiary/aromatic N) is 4. The lowest BCUT2D eigenvalue weighted by molar-refractivity contribution is -0.117. The smallest absolute Gasteiger partial charge is 0.232 e. The van der Waals surface area contributed by atoms with E-state index in [-0.39, 0.29) is 18.5 Å². The van der Waals surface area contributed by atoms with Crippen LogP contribution in [0.4, 0.5) is 23.3 Å². The first-order valence-electron chi connectivity index (χ1n) is 9.44. The molecular weight excluding hydrogens is 368 g/mol.